The molecule has 88 valence electrons. The van der Waals surface area contributed by atoms with Crippen LogP contribution in [0.1, 0.15) is 16.8 Å². The van der Waals surface area contributed by atoms with Gasteiger partial charge in [-0.1, -0.05) is 11.6 Å². The standard InChI is InChI=1S/C11H7ClFNO3/c12-6-2-3-7(13)9-8(6)10(16)11(17)14(9)4-1-5-15/h2-3,5H,1,4H2. The van der Waals surface area contributed by atoms with E-state index in [9.17, 15) is 18.8 Å². The molecular formula is C11H7ClFNO3. The van der Waals surface area contributed by atoms with Crippen LogP contribution >= 0.6 is 11.6 Å². The van der Waals surface area contributed by atoms with Crippen molar-refractivity contribution in [2.24, 2.45) is 0 Å². The Morgan fingerprint density at radius 3 is 2.71 bits per heavy atom. The predicted octanol–water partition coefficient (Wildman–Crippen LogP) is 1.60. The third-order valence-electron chi connectivity index (χ3n) is 2.48. The van der Waals surface area contributed by atoms with E-state index in [0.717, 1.165) is 11.0 Å². The predicted molar refractivity (Wildman–Crippen MR) is 58.8 cm³/mol. The van der Waals surface area contributed by atoms with Crippen LogP contribution in [0.3, 0.4) is 0 Å². The van der Waals surface area contributed by atoms with Crippen LogP contribution in [-0.4, -0.2) is 24.5 Å². The van der Waals surface area contributed by atoms with Gasteiger partial charge in [-0.3, -0.25) is 9.59 Å². The lowest BCUT2D eigenvalue weighted by Crippen LogP contribution is -2.31. The number of aldehydes is 1. The molecule has 0 radical (unpaired) electrons. The minimum atomic E-state index is -0.853. The summed E-state index contributed by atoms with van der Waals surface area (Å²) in [5.74, 6) is -2.39. The third-order valence-corrected chi connectivity index (χ3v) is 2.80. The van der Waals surface area contributed by atoms with Crippen LogP contribution in [0, 0.1) is 5.82 Å². The first kappa shape index (κ1) is 11.7. The van der Waals surface area contributed by atoms with E-state index < -0.39 is 17.5 Å². The molecule has 1 heterocycles. The van der Waals surface area contributed by atoms with E-state index in [1.54, 1.807) is 0 Å². The fourth-order valence-electron chi connectivity index (χ4n) is 1.75. The van der Waals surface area contributed by atoms with E-state index in [2.05, 4.69) is 0 Å². The lowest BCUT2D eigenvalue weighted by atomic mass is 10.1. The molecule has 0 aromatic heterocycles. The number of hydrogen-bond donors (Lipinski definition) is 0. The second-order valence-electron chi connectivity index (χ2n) is 3.49. The second-order valence-corrected chi connectivity index (χ2v) is 3.90. The summed E-state index contributed by atoms with van der Waals surface area (Å²) in [7, 11) is 0. The van der Waals surface area contributed by atoms with Gasteiger partial charge in [0.1, 0.15) is 12.1 Å². The summed E-state index contributed by atoms with van der Waals surface area (Å²) in [5, 5.41) is 0.0355. The van der Waals surface area contributed by atoms with Gasteiger partial charge in [-0.05, 0) is 12.1 Å². The summed E-state index contributed by atoms with van der Waals surface area (Å²) in [6.07, 6.45) is 0.628. The number of hydrogen-bond acceptors (Lipinski definition) is 3. The number of amides is 1. The fourth-order valence-corrected chi connectivity index (χ4v) is 1.99. The van der Waals surface area contributed by atoms with E-state index in [1.165, 1.54) is 6.07 Å². The molecule has 0 saturated heterocycles. The first-order chi connectivity index (χ1) is 8.07. The van der Waals surface area contributed by atoms with Gasteiger partial charge >= 0.3 is 0 Å². The molecule has 2 rings (SSSR count). The van der Waals surface area contributed by atoms with E-state index >= 15 is 0 Å². The van der Waals surface area contributed by atoms with E-state index in [4.69, 9.17) is 11.6 Å². The van der Waals surface area contributed by atoms with Crippen molar-refractivity contribution in [2.45, 2.75) is 6.42 Å². The highest BCUT2D eigenvalue weighted by Gasteiger charge is 2.39. The Morgan fingerprint density at radius 1 is 1.35 bits per heavy atom. The van der Waals surface area contributed by atoms with Crippen molar-refractivity contribution in [3.05, 3.63) is 28.5 Å². The van der Waals surface area contributed by atoms with Crippen LogP contribution in [-0.2, 0) is 9.59 Å². The molecule has 0 saturated carbocycles. The van der Waals surface area contributed by atoms with Crippen LogP contribution in [0.25, 0.3) is 0 Å². The van der Waals surface area contributed by atoms with E-state index in [1.807, 2.05) is 0 Å². The molecule has 1 aromatic carbocycles. The van der Waals surface area contributed by atoms with Crippen molar-refractivity contribution in [1.82, 2.24) is 0 Å². The van der Waals surface area contributed by atoms with Crippen LogP contribution < -0.4 is 4.90 Å². The monoisotopic (exact) mass is 255 g/mol. The normalized spacial score (nSPS) is 14.1. The SMILES string of the molecule is O=CCCN1C(=O)C(=O)c2c(Cl)ccc(F)c21. The molecule has 0 aliphatic carbocycles. The average Bonchev–Trinajstić information content (AvgIpc) is 2.56. The maximum atomic E-state index is 13.6. The molecular weight excluding hydrogens is 249 g/mol. The molecule has 0 N–H and O–H groups in total. The van der Waals surface area contributed by atoms with Gasteiger partial charge in [0.05, 0.1) is 16.3 Å². The summed E-state index contributed by atoms with van der Waals surface area (Å²) in [6.45, 7) is -0.0294. The molecule has 1 aliphatic rings. The van der Waals surface area contributed by atoms with E-state index in [0.29, 0.717) is 6.29 Å². The first-order valence-electron chi connectivity index (χ1n) is 4.85. The zero-order chi connectivity index (χ0) is 12.6. The maximum absolute atomic E-state index is 13.6. The van der Waals surface area contributed by atoms with Gasteiger partial charge < -0.3 is 9.69 Å². The van der Waals surface area contributed by atoms with Gasteiger partial charge in [-0.25, -0.2) is 4.39 Å². The van der Waals surface area contributed by atoms with Crippen molar-refractivity contribution in [3.8, 4) is 0 Å². The van der Waals surface area contributed by atoms with E-state index in [-0.39, 0.29) is 29.2 Å². The number of halogens is 2. The highest BCUT2D eigenvalue weighted by atomic mass is 35.5. The molecule has 4 nitrogen and oxygen atoms in total. The molecule has 0 spiro atoms. The Morgan fingerprint density at radius 2 is 2.06 bits per heavy atom. The van der Waals surface area contributed by atoms with Crippen LogP contribution in [0.5, 0.6) is 0 Å². The van der Waals surface area contributed by atoms with Crippen molar-refractivity contribution in [2.75, 3.05) is 11.4 Å². The Labute approximate surface area is 101 Å². The number of rotatable bonds is 3. The van der Waals surface area contributed by atoms with Crippen LogP contribution in [0.4, 0.5) is 10.1 Å². The number of fused-ring (bicyclic) bond motifs is 1. The van der Waals surface area contributed by atoms with Crippen molar-refractivity contribution in [1.29, 1.82) is 0 Å². The van der Waals surface area contributed by atoms with Gasteiger partial charge in [0, 0.05) is 13.0 Å². The van der Waals surface area contributed by atoms with Crippen molar-refractivity contribution < 1.29 is 18.8 Å². The molecule has 0 fully saturated rings. The number of benzene rings is 1. The summed E-state index contributed by atoms with van der Waals surface area (Å²) < 4.78 is 13.6. The summed E-state index contributed by atoms with van der Waals surface area (Å²) in [6, 6.07) is 2.31. The average molecular weight is 256 g/mol. The molecule has 0 atom stereocenters. The molecule has 0 bridgehead atoms. The Balaban J connectivity index is 2.55. The summed E-state index contributed by atoms with van der Waals surface area (Å²) >= 11 is 5.77. The first-order valence-corrected chi connectivity index (χ1v) is 5.23. The molecule has 1 amide bonds. The highest BCUT2D eigenvalue weighted by Crippen LogP contribution is 2.36. The smallest absolute Gasteiger partial charge is 0.299 e. The summed E-state index contributed by atoms with van der Waals surface area (Å²) in [5.41, 5.74) is -0.253. The molecule has 0 unspecified atom stereocenters. The minimum absolute atomic E-state index is 0.0294. The molecule has 1 aliphatic heterocycles. The molecule has 1 aromatic rings. The number of anilines is 1. The largest absolute Gasteiger partial charge is 0.303 e. The number of carbonyl (C=O) groups is 3. The maximum Gasteiger partial charge on any atom is 0.299 e. The van der Waals surface area contributed by atoms with Gasteiger partial charge in [0.2, 0.25) is 0 Å². The van der Waals surface area contributed by atoms with Gasteiger partial charge in [-0.2, -0.15) is 0 Å². The fraction of sp³-hybridized carbons (Fsp3) is 0.182. The number of ketones is 1. The third kappa shape index (κ3) is 1.72. The molecule has 17 heavy (non-hydrogen) atoms. The Bertz CT molecular complexity index is 530. The lowest BCUT2D eigenvalue weighted by molar-refractivity contribution is -0.114. The topological polar surface area (TPSA) is 54.5 Å². The Kier molecular flexibility index (Phi) is 2.93. The highest BCUT2D eigenvalue weighted by molar-refractivity contribution is 6.55. The second kappa shape index (κ2) is 4.25. The minimum Gasteiger partial charge on any atom is -0.303 e. The van der Waals surface area contributed by atoms with Crippen molar-refractivity contribution >= 4 is 35.3 Å². The summed E-state index contributed by atoms with van der Waals surface area (Å²) in [4.78, 5) is 34.4. The lowest BCUT2D eigenvalue weighted by Gasteiger charge is -2.15. The number of carbonyl (C=O) groups excluding carboxylic acids is 3. The van der Waals surface area contributed by atoms with Crippen LogP contribution in [0.2, 0.25) is 5.02 Å². The van der Waals surface area contributed by atoms with Gasteiger partial charge in [0.15, 0.2) is 0 Å². The number of nitrogens with zero attached hydrogens (tertiary/aromatic N) is 1. The van der Waals surface area contributed by atoms with Crippen molar-refractivity contribution in [3.63, 3.8) is 0 Å². The zero-order valence-electron chi connectivity index (χ0n) is 8.57. The zero-order valence-corrected chi connectivity index (χ0v) is 9.33. The van der Waals surface area contributed by atoms with Gasteiger partial charge in [0.25, 0.3) is 11.7 Å². The van der Waals surface area contributed by atoms with Crippen LogP contribution in [0.15, 0.2) is 12.1 Å². The Hall–Kier alpha value is -1.75. The quantitative estimate of drug-likeness (QED) is 0.609. The van der Waals surface area contributed by atoms with Gasteiger partial charge in [-0.15, -0.1) is 0 Å². The molecule has 6 heteroatoms. The number of Topliss-reactive ketones (excluding diaryl/α,β-unsaturated/α-hetero) is 1.